The van der Waals surface area contributed by atoms with Crippen LogP contribution in [0.3, 0.4) is 0 Å². The van der Waals surface area contributed by atoms with Crippen molar-refractivity contribution in [3.8, 4) is 0 Å². The highest BCUT2D eigenvalue weighted by molar-refractivity contribution is 6.35. The van der Waals surface area contributed by atoms with E-state index in [4.69, 9.17) is 11.6 Å². The molecule has 0 unspecified atom stereocenters. The fourth-order valence-corrected chi connectivity index (χ4v) is 2.40. The van der Waals surface area contributed by atoms with Gasteiger partial charge in [0.05, 0.1) is 22.8 Å². The van der Waals surface area contributed by atoms with Gasteiger partial charge in [-0.05, 0) is 35.9 Å². The van der Waals surface area contributed by atoms with E-state index in [1.807, 2.05) is 0 Å². The fraction of sp³-hybridized carbons (Fsp3) is 0. The largest absolute Gasteiger partial charge is 0.545 e. The van der Waals surface area contributed by atoms with E-state index in [-0.39, 0.29) is 16.7 Å². The summed E-state index contributed by atoms with van der Waals surface area (Å²) in [6.45, 7) is 0. The number of anilines is 1. The number of amides is 2. The van der Waals surface area contributed by atoms with Crippen LogP contribution in [0.2, 0.25) is 5.02 Å². The summed E-state index contributed by atoms with van der Waals surface area (Å²) in [6, 6.07) is 10.0. The molecule has 0 aromatic heterocycles. The first-order valence-electron chi connectivity index (χ1n) is 5.99. The van der Waals surface area contributed by atoms with Crippen molar-refractivity contribution in [1.82, 2.24) is 0 Å². The lowest BCUT2D eigenvalue weighted by Crippen LogP contribution is -2.29. The zero-order valence-corrected chi connectivity index (χ0v) is 11.3. The summed E-state index contributed by atoms with van der Waals surface area (Å²) in [6.07, 6.45) is 0. The van der Waals surface area contributed by atoms with Gasteiger partial charge in [-0.3, -0.25) is 9.59 Å². The molecule has 0 saturated heterocycles. The van der Waals surface area contributed by atoms with Crippen molar-refractivity contribution in [1.29, 1.82) is 0 Å². The summed E-state index contributed by atoms with van der Waals surface area (Å²) in [4.78, 5) is 36.5. The van der Waals surface area contributed by atoms with Crippen LogP contribution in [0.15, 0.2) is 42.5 Å². The molecular formula is C15H7ClNO4-. The molecule has 0 radical (unpaired) electrons. The van der Waals surface area contributed by atoms with Crippen LogP contribution in [0, 0.1) is 0 Å². The lowest BCUT2D eigenvalue weighted by Gasteiger charge is -2.13. The zero-order chi connectivity index (χ0) is 15.1. The predicted molar refractivity (Wildman–Crippen MR) is 73.4 cm³/mol. The second-order valence-electron chi connectivity index (χ2n) is 4.47. The van der Waals surface area contributed by atoms with E-state index in [0.29, 0.717) is 10.7 Å². The van der Waals surface area contributed by atoms with Gasteiger partial charge >= 0.3 is 0 Å². The monoisotopic (exact) mass is 300 g/mol. The molecule has 0 spiro atoms. The van der Waals surface area contributed by atoms with E-state index >= 15 is 0 Å². The van der Waals surface area contributed by atoms with Gasteiger partial charge in [-0.2, -0.15) is 0 Å². The summed E-state index contributed by atoms with van der Waals surface area (Å²) in [5.41, 5.74) is 0.387. The SMILES string of the molecule is O=C([O-])c1ccc2c(c1)C(=O)N(c1cccc(Cl)c1)C2=O. The van der Waals surface area contributed by atoms with Gasteiger partial charge in [0.25, 0.3) is 11.8 Å². The van der Waals surface area contributed by atoms with Gasteiger partial charge in [-0.15, -0.1) is 0 Å². The Kier molecular flexibility index (Phi) is 2.99. The highest BCUT2D eigenvalue weighted by atomic mass is 35.5. The third-order valence-electron chi connectivity index (χ3n) is 3.19. The Bertz CT molecular complexity index is 800. The molecule has 0 bridgehead atoms. The lowest BCUT2D eigenvalue weighted by molar-refractivity contribution is -0.255. The van der Waals surface area contributed by atoms with Gasteiger partial charge in [-0.25, -0.2) is 4.90 Å². The van der Waals surface area contributed by atoms with E-state index < -0.39 is 17.8 Å². The zero-order valence-electron chi connectivity index (χ0n) is 10.5. The highest BCUT2D eigenvalue weighted by Gasteiger charge is 2.36. The van der Waals surface area contributed by atoms with Crippen LogP contribution in [0.5, 0.6) is 0 Å². The summed E-state index contributed by atoms with van der Waals surface area (Å²) < 4.78 is 0. The molecule has 0 saturated carbocycles. The first-order valence-corrected chi connectivity index (χ1v) is 6.36. The number of imide groups is 1. The maximum absolute atomic E-state index is 12.3. The molecule has 1 aliphatic heterocycles. The number of benzene rings is 2. The van der Waals surface area contributed by atoms with Gasteiger partial charge in [-0.1, -0.05) is 23.7 Å². The molecule has 0 N–H and O–H groups in total. The Morgan fingerprint density at radius 3 is 2.38 bits per heavy atom. The molecule has 0 atom stereocenters. The minimum atomic E-state index is -1.40. The third kappa shape index (κ3) is 2.08. The molecule has 6 heteroatoms. The number of hydrogen-bond donors (Lipinski definition) is 0. The number of carboxylic acid groups (broad SMARTS) is 1. The first kappa shape index (κ1) is 13.3. The van der Waals surface area contributed by atoms with Crippen molar-refractivity contribution in [2.45, 2.75) is 0 Å². The number of carbonyl (C=O) groups excluding carboxylic acids is 3. The minimum Gasteiger partial charge on any atom is -0.545 e. The van der Waals surface area contributed by atoms with Crippen LogP contribution in [0.4, 0.5) is 5.69 Å². The maximum atomic E-state index is 12.3. The van der Waals surface area contributed by atoms with Crippen molar-refractivity contribution in [3.63, 3.8) is 0 Å². The molecule has 2 aromatic rings. The van der Waals surface area contributed by atoms with Gasteiger partial charge in [0.1, 0.15) is 0 Å². The highest BCUT2D eigenvalue weighted by Crippen LogP contribution is 2.30. The van der Waals surface area contributed by atoms with Crippen LogP contribution >= 0.6 is 11.6 Å². The summed E-state index contributed by atoms with van der Waals surface area (Å²) in [5.74, 6) is -2.50. The summed E-state index contributed by atoms with van der Waals surface area (Å²) >= 11 is 5.86. The van der Waals surface area contributed by atoms with Crippen molar-refractivity contribution in [2.75, 3.05) is 4.90 Å². The molecule has 2 aromatic carbocycles. The molecule has 5 nitrogen and oxygen atoms in total. The second kappa shape index (κ2) is 4.71. The Labute approximate surface area is 124 Å². The van der Waals surface area contributed by atoms with Crippen LogP contribution in [0.25, 0.3) is 0 Å². The molecule has 2 amide bonds. The summed E-state index contributed by atoms with van der Waals surface area (Å²) in [7, 11) is 0. The Balaban J connectivity index is 2.10. The van der Waals surface area contributed by atoms with Crippen molar-refractivity contribution in [2.24, 2.45) is 0 Å². The van der Waals surface area contributed by atoms with Gasteiger partial charge in [0.15, 0.2) is 0 Å². The maximum Gasteiger partial charge on any atom is 0.266 e. The second-order valence-corrected chi connectivity index (χ2v) is 4.91. The number of fused-ring (bicyclic) bond motifs is 1. The van der Waals surface area contributed by atoms with E-state index in [1.54, 1.807) is 18.2 Å². The van der Waals surface area contributed by atoms with Crippen molar-refractivity contribution < 1.29 is 19.5 Å². The number of hydrogen-bond acceptors (Lipinski definition) is 4. The number of aromatic carboxylic acids is 1. The smallest absolute Gasteiger partial charge is 0.266 e. The van der Waals surface area contributed by atoms with Crippen LogP contribution < -0.4 is 10.0 Å². The molecule has 104 valence electrons. The Morgan fingerprint density at radius 1 is 1.00 bits per heavy atom. The predicted octanol–water partition coefficient (Wildman–Crippen LogP) is 1.50. The fourth-order valence-electron chi connectivity index (χ4n) is 2.22. The molecule has 21 heavy (non-hydrogen) atoms. The number of nitrogens with zero attached hydrogens (tertiary/aromatic N) is 1. The number of carboxylic acids is 1. The average molecular weight is 301 g/mol. The molecule has 3 rings (SSSR count). The Morgan fingerprint density at radius 2 is 1.71 bits per heavy atom. The normalized spacial score (nSPS) is 13.5. The number of rotatable bonds is 2. The third-order valence-corrected chi connectivity index (χ3v) is 3.42. The van der Waals surface area contributed by atoms with Crippen LogP contribution in [-0.4, -0.2) is 17.8 Å². The van der Waals surface area contributed by atoms with Crippen molar-refractivity contribution >= 4 is 35.1 Å². The van der Waals surface area contributed by atoms with E-state index in [1.165, 1.54) is 18.2 Å². The molecular weight excluding hydrogens is 294 g/mol. The molecule has 0 fully saturated rings. The Hall–Kier alpha value is -2.66. The molecule has 0 aliphatic carbocycles. The minimum absolute atomic E-state index is 0.0432. The average Bonchev–Trinajstić information content (AvgIpc) is 2.70. The standard InChI is InChI=1S/C15H8ClNO4/c16-9-2-1-3-10(7-9)17-13(18)11-5-4-8(15(20)21)6-12(11)14(17)19/h1-7H,(H,20,21)/p-1. The van der Waals surface area contributed by atoms with Crippen LogP contribution in [-0.2, 0) is 0 Å². The van der Waals surface area contributed by atoms with E-state index in [9.17, 15) is 19.5 Å². The quantitative estimate of drug-likeness (QED) is 0.788. The van der Waals surface area contributed by atoms with Gasteiger partial charge in [0, 0.05) is 5.02 Å². The van der Waals surface area contributed by atoms with Crippen molar-refractivity contribution in [3.05, 3.63) is 64.2 Å². The first-order chi connectivity index (χ1) is 9.99. The van der Waals surface area contributed by atoms with Gasteiger partial charge in [0.2, 0.25) is 0 Å². The lowest BCUT2D eigenvalue weighted by atomic mass is 10.1. The number of carbonyl (C=O) groups is 3. The molecule has 1 aliphatic rings. The number of halogens is 1. The topological polar surface area (TPSA) is 77.5 Å². The van der Waals surface area contributed by atoms with Crippen LogP contribution in [0.1, 0.15) is 31.1 Å². The van der Waals surface area contributed by atoms with E-state index in [0.717, 1.165) is 11.0 Å². The molecule has 1 heterocycles. The van der Waals surface area contributed by atoms with Gasteiger partial charge < -0.3 is 9.90 Å². The van der Waals surface area contributed by atoms with E-state index in [2.05, 4.69) is 0 Å². The summed E-state index contributed by atoms with van der Waals surface area (Å²) in [5, 5.41) is 11.2.